The molecule has 0 aliphatic carbocycles. The first-order valence-corrected chi connectivity index (χ1v) is 10.6. The SMILES string of the molecule is CN1C(=O)[C@](C)(/C=C/O[Si](C)(C)C(C)(C)C)c2ccccc21. The molecule has 3 nitrogen and oxygen atoms in total. The lowest BCUT2D eigenvalue weighted by atomic mass is 9.84. The third kappa shape index (κ3) is 2.60. The molecule has 1 aromatic carbocycles. The number of anilines is 1. The molecule has 1 aliphatic rings. The number of carbonyl (C=O) groups is 1. The second-order valence-corrected chi connectivity index (χ2v) is 12.5. The highest BCUT2D eigenvalue weighted by Crippen LogP contribution is 2.42. The number of amides is 1. The molecule has 0 saturated carbocycles. The Morgan fingerprint density at radius 3 is 2.41 bits per heavy atom. The summed E-state index contributed by atoms with van der Waals surface area (Å²) in [6, 6.07) is 7.95. The Morgan fingerprint density at radius 1 is 1.23 bits per heavy atom. The molecule has 0 saturated heterocycles. The standard InChI is InChI=1S/C18H27NO2Si/c1-17(2,3)22(6,7)21-13-12-18(4)14-10-8-9-11-15(14)19(5)16(18)20/h8-13H,1-7H3/b13-12+/t18-/m1/s1. The largest absolute Gasteiger partial charge is 0.549 e. The summed E-state index contributed by atoms with van der Waals surface area (Å²) in [5.74, 6) is 0.0868. The van der Waals surface area contributed by atoms with Crippen LogP contribution in [0.15, 0.2) is 36.6 Å². The predicted octanol–water partition coefficient (Wildman–Crippen LogP) is 4.46. The van der Waals surface area contributed by atoms with Gasteiger partial charge < -0.3 is 9.33 Å². The van der Waals surface area contributed by atoms with E-state index in [0.29, 0.717) is 0 Å². The molecule has 0 radical (unpaired) electrons. The van der Waals surface area contributed by atoms with Crippen molar-refractivity contribution in [3.63, 3.8) is 0 Å². The lowest BCUT2D eigenvalue weighted by Crippen LogP contribution is -2.39. The summed E-state index contributed by atoms with van der Waals surface area (Å²) < 4.78 is 6.11. The summed E-state index contributed by atoms with van der Waals surface area (Å²) in [5, 5.41) is 0.145. The maximum absolute atomic E-state index is 12.7. The molecule has 0 spiro atoms. The van der Waals surface area contributed by atoms with Crippen molar-refractivity contribution in [2.24, 2.45) is 0 Å². The van der Waals surface area contributed by atoms with Gasteiger partial charge >= 0.3 is 0 Å². The first-order valence-electron chi connectivity index (χ1n) is 7.74. The van der Waals surface area contributed by atoms with Crippen LogP contribution < -0.4 is 4.90 Å². The van der Waals surface area contributed by atoms with Gasteiger partial charge in [0.1, 0.15) is 0 Å². The molecule has 1 aliphatic heterocycles. The van der Waals surface area contributed by atoms with Crippen LogP contribution in [-0.4, -0.2) is 21.3 Å². The Hall–Kier alpha value is -1.55. The van der Waals surface area contributed by atoms with Crippen molar-refractivity contribution in [2.75, 3.05) is 11.9 Å². The van der Waals surface area contributed by atoms with Crippen molar-refractivity contribution in [1.82, 2.24) is 0 Å². The van der Waals surface area contributed by atoms with E-state index < -0.39 is 13.7 Å². The minimum Gasteiger partial charge on any atom is -0.549 e. The molecule has 4 heteroatoms. The maximum Gasteiger partial charge on any atom is 0.249 e. The van der Waals surface area contributed by atoms with Gasteiger partial charge in [-0.05, 0) is 42.8 Å². The first kappa shape index (κ1) is 16.8. The predicted molar refractivity (Wildman–Crippen MR) is 94.6 cm³/mol. The van der Waals surface area contributed by atoms with Gasteiger partial charge in [0.15, 0.2) is 0 Å². The molecule has 120 valence electrons. The third-order valence-electron chi connectivity index (χ3n) is 5.14. The molecule has 0 N–H and O–H groups in total. The van der Waals surface area contributed by atoms with Gasteiger partial charge in [-0.25, -0.2) is 0 Å². The molecule has 0 bridgehead atoms. The van der Waals surface area contributed by atoms with Gasteiger partial charge in [0.25, 0.3) is 0 Å². The fraction of sp³-hybridized carbons (Fsp3) is 0.500. The van der Waals surface area contributed by atoms with Crippen molar-refractivity contribution in [1.29, 1.82) is 0 Å². The molecule has 0 aromatic heterocycles. The number of nitrogens with zero attached hydrogens (tertiary/aromatic N) is 1. The zero-order chi connectivity index (χ0) is 16.8. The molecule has 2 rings (SSSR count). The Bertz CT molecular complexity index is 616. The number of benzene rings is 1. The number of carbonyl (C=O) groups excluding carboxylic acids is 1. The Morgan fingerprint density at radius 2 is 1.82 bits per heavy atom. The topological polar surface area (TPSA) is 29.5 Å². The van der Waals surface area contributed by atoms with E-state index in [1.165, 1.54) is 0 Å². The number of hydrogen-bond donors (Lipinski definition) is 0. The maximum atomic E-state index is 12.7. The minimum atomic E-state index is -1.85. The summed E-state index contributed by atoms with van der Waals surface area (Å²) in [6.45, 7) is 13.0. The highest BCUT2D eigenvalue weighted by molar-refractivity contribution is 6.74. The molecule has 0 unspecified atom stereocenters. The van der Waals surface area contributed by atoms with E-state index in [1.54, 1.807) is 11.2 Å². The van der Waals surface area contributed by atoms with Gasteiger partial charge in [0, 0.05) is 12.7 Å². The van der Waals surface area contributed by atoms with Gasteiger partial charge in [-0.15, -0.1) is 0 Å². The van der Waals surface area contributed by atoms with Crippen LogP contribution in [0.5, 0.6) is 0 Å². The van der Waals surface area contributed by atoms with Crippen molar-refractivity contribution in [3.8, 4) is 0 Å². The van der Waals surface area contributed by atoms with E-state index in [0.717, 1.165) is 11.3 Å². The first-order chi connectivity index (χ1) is 10.0. The summed E-state index contributed by atoms with van der Waals surface area (Å²) in [4.78, 5) is 14.4. The van der Waals surface area contributed by atoms with Crippen molar-refractivity contribution < 1.29 is 9.22 Å². The van der Waals surface area contributed by atoms with Crippen LogP contribution in [0.3, 0.4) is 0 Å². The van der Waals surface area contributed by atoms with Crippen LogP contribution in [-0.2, 0) is 14.6 Å². The Labute approximate surface area is 135 Å². The van der Waals surface area contributed by atoms with Gasteiger partial charge in [-0.3, -0.25) is 4.79 Å². The van der Waals surface area contributed by atoms with E-state index in [9.17, 15) is 4.79 Å². The fourth-order valence-corrected chi connectivity index (χ4v) is 3.22. The van der Waals surface area contributed by atoms with E-state index >= 15 is 0 Å². The highest BCUT2D eigenvalue weighted by Gasteiger charge is 2.44. The quantitative estimate of drug-likeness (QED) is 0.608. The molecule has 1 amide bonds. The highest BCUT2D eigenvalue weighted by atomic mass is 28.4. The summed E-state index contributed by atoms with van der Waals surface area (Å²) in [7, 11) is -0.0238. The molecule has 1 aromatic rings. The van der Waals surface area contributed by atoms with Gasteiger partial charge in [0.05, 0.1) is 11.7 Å². The second-order valence-electron chi connectivity index (χ2n) is 7.76. The van der Waals surface area contributed by atoms with Crippen LogP contribution >= 0.6 is 0 Å². The lowest BCUT2D eigenvalue weighted by molar-refractivity contribution is -0.120. The van der Waals surface area contributed by atoms with Crippen LogP contribution in [0, 0.1) is 0 Å². The monoisotopic (exact) mass is 317 g/mol. The summed E-state index contributed by atoms with van der Waals surface area (Å²) >= 11 is 0. The molecule has 0 fully saturated rings. The van der Waals surface area contributed by atoms with Crippen LogP contribution in [0.2, 0.25) is 18.1 Å². The third-order valence-corrected chi connectivity index (χ3v) is 9.48. The number of hydrogen-bond acceptors (Lipinski definition) is 2. The molecule has 1 heterocycles. The second kappa shape index (κ2) is 5.27. The fourth-order valence-electron chi connectivity index (χ4n) is 2.46. The van der Waals surface area contributed by atoms with Crippen molar-refractivity contribution in [3.05, 3.63) is 42.2 Å². The van der Waals surface area contributed by atoms with Gasteiger partial charge in [-0.2, -0.15) is 0 Å². The number of rotatable bonds is 3. The molecular weight excluding hydrogens is 290 g/mol. The zero-order valence-electron chi connectivity index (χ0n) is 14.7. The Kier molecular flexibility index (Phi) is 4.02. The van der Waals surface area contributed by atoms with Crippen LogP contribution in [0.4, 0.5) is 5.69 Å². The summed E-state index contributed by atoms with van der Waals surface area (Å²) in [6.07, 6.45) is 3.67. The van der Waals surface area contributed by atoms with Gasteiger partial charge in [-0.1, -0.05) is 39.0 Å². The van der Waals surface area contributed by atoms with E-state index in [2.05, 4.69) is 33.9 Å². The lowest BCUT2D eigenvalue weighted by Gasteiger charge is -2.35. The Balaban J connectivity index is 2.29. The number of fused-ring (bicyclic) bond motifs is 1. The van der Waals surface area contributed by atoms with Gasteiger partial charge in [0.2, 0.25) is 14.2 Å². The van der Waals surface area contributed by atoms with Crippen molar-refractivity contribution in [2.45, 2.75) is 51.2 Å². The average Bonchev–Trinajstić information content (AvgIpc) is 2.61. The molecule has 22 heavy (non-hydrogen) atoms. The minimum absolute atomic E-state index is 0.0868. The molecule has 1 atom stereocenters. The number of para-hydroxylation sites is 1. The number of likely N-dealkylation sites (N-methyl/N-ethyl adjacent to an activating group) is 1. The summed E-state index contributed by atoms with van der Waals surface area (Å²) in [5.41, 5.74) is 1.37. The van der Waals surface area contributed by atoms with Crippen LogP contribution in [0.1, 0.15) is 33.3 Å². The van der Waals surface area contributed by atoms with E-state index in [-0.39, 0.29) is 10.9 Å². The van der Waals surface area contributed by atoms with Crippen molar-refractivity contribution >= 4 is 19.9 Å². The molecular formula is C18H27NO2Si. The van der Waals surface area contributed by atoms with Crippen LogP contribution in [0.25, 0.3) is 0 Å². The smallest absolute Gasteiger partial charge is 0.249 e. The van der Waals surface area contributed by atoms with E-state index in [4.69, 9.17) is 4.43 Å². The average molecular weight is 318 g/mol. The van der Waals surface area contributed by atoms with E-state index in [1.807, 2.05) is 44.3 Å². The zero-order valence-corrected chi connectivity index (χ0v) is 15.7. The normalized spacial score (nSPS) is 22.3.